The van der Waals surface area contributed by atoms with E-state index in [9.17, 15) is 4.79 Å². The Balaban J connectivity index is 2.21. The molecule has 1 saturated heterocycles. The number of carbonyl (C=O) groups is 1. The maximum atomic E-state index is 11.3. The lowest BCUT2D eigenvalue weighted by molar-refractivity contribution is -0.143. The Morgan fingerprint density at radius 2 is 1.88 bits per heavy atom. The van der Waals surface area contributed by atoms with Crippen LogP contribution < -0.4 is 0 Å². The highest BCUT2D eigenvalue weighted by Gasteiger charge is 2.38. The normalized spacial score (nSPS) is 19.6. The fraction of sp³-hybridized carbons (Fsp3) is 0.889. The maximum Gasteiger partial charge on any atom is 0.500 e. The van der Waals surface area contributed by atoms with E-state index >= 15 is 0 Å². The molecule has 0 radical (unpaired) electrons. The largest absolute Gasteiger partial charge is 0.500 e. The third kappa shape index (κ3) is 4.18. The molecule has 7 heteroatoms. The van der Waals surface area contributed by atoms with Crippen LogP contribution in [0.1, 0.15) is 6.42 Å². The monoisotopic (exact) mass is 250 g/mol. The summed E-state index contributed by atoms with van der Waals surface area (Å²) >= 11 is 0. The topological polar surface area (TPSA) is 66.5 Å². The molecule has 1 atom stereocenters. The molecule has 0 bridgehead atoms. The number of rotatable bonds is 8. The fourth-order valence-electron chi connectivity index (χ4n) is 1.23. The van der Waals surface area contributed by atoms with Crippen LogP contribution in [-0.4, -0.2) is 55.4 Å². The van der Waals surface area contributed by atoms with Gasteiger partial charge >= 0.3 is 14.8 Å². The average Bonchev–Trinajstić information content (AvgIpc) is 3.13. The van der Waals surface area contributed by atoms with Gasteiger partial charge in [0.25, 0.3) is 0 Å². The molecule has 0 saturated carbocycles. The van der Waals surface area contributed by atoms with Crippen LogP contribution in [0.25, 0.3) is 0 Å². The van der Waals surface area contributed by atoms with Crippen molar-refractivity contribution in [1.29, 1.82) is 0 Å². The molecule has 0 aromatic carbocycles. The van der Waals surface area contributed by atoms with Crippen LogP contribution in [0.3, 0.4) is 0 Å². The highest BCUT2D eigenvalue weighted by Crippen LogP contribution is 2.16. The van der Waals surface area contributed by atoms with Gasteiger partial charge in [-0.2, -0.15) is 0 Å². The molecule has 1 aliphatic heterocycles. The highest BCUT2D eigenvalue weighted by molar-refractivity contribution is 6.60. The van der Waals surface area contributed by atoms with Gasteiger partial charge in [-0.15, -0.1) is 0 Å². The van der Waals surface area contributed by atoms with Gasteiger partial charge in [0.1, 0.15) is 12.7 Å². The van der Waals surface area contributed by atoms with E-state index < -0.39 is 8.80 Å². The van der Waals surface area contributed by atoms with Gasteiger partial charge in [-0.3, -0.25) is 4.79 Å². The fourth-order valence-corrected chi connectivity index (χ4v) is 2.86. The Labute approximate surface area is 96.1 Å². The number of ether oxygens (including phenoxy) is 2. The first-order valence-corrected chi connectivity index (χ1v) is 7.01. The first kappa shape index (κ1) is 13.6. The van der Waals surface area contributed by atoms with E-state index in [4.69, 9.17) is 22.8 Å². The molecular formula is C9H18O6Si. The van der Waals surface area contributed by atoms with E-state index in [0.29, 0.717) is 19.3 Å². The minimum atomic E-state index is -2.65. The van der Waals surface area contributed by atoms with Crippen LogP contribution in [0, 0.1) is 0 Å². The van der Waals surface area contributed by atoms with Gasteiger partial charge in [-0.25, -0.2) is 0 Å². The van der Waals surface area contributed by atoms with Crippen molar-refractivity contribution in [1.82, 2.24) is 0 Å². The van der Waals surface area contributed by atoms with E-state index in [0.717, 1.165) is 0 Å². The lowest BCUT2D eigenvalue weighted by Crippen LogP contribution is -2.43. The summed E-state index contributed by atoms with van der Waals surface area (Å²) < 4.78 is 25.5. The minimum Gasteiger partial charge on any atom is -0.463 e. The van der Waals surface area contributed by atoms with Crippen molar-refractivity contribution >= 4 is 14.8 Å². The van der Waals surface area contributed by atoms with E-state index in [1.807, 2.05) is 0 Å². The minimum absolute atomic E-state index is 0.0956. The van der Waals surface area contributed by atoms with E-state index in [2.05, 4.69) is 0 Å². The summed E-state index contributed by atoms with van der Waals surface area (Å²) in [6, 6.07) is 0.418. The van der Waals surface area contributed by atoms with Crippen molar-refractivity contribution in [3.63, 3.8) is 0 Å². The SMILES string of the molecule is CO[Si](CCC(=O)OCC1CO1)(OC)OC. The molecule has 0 aromatic rings. The van der Waals surface area contributed by atoms with Crippen molar-refractivity contribution in [2.75, 3.05) is 34.5 Å². The molecule has 1 heterocycles. The smallest absolute Gasteiger partial charge is 0.463 e. The molecule has 0 aliphatic carbocycles. The number of epoxide rings is 1. The zero-order valence-corrected chi connectivity index (χ0v) is 10.9. The first-order valence-electron chi connectivity index (χ1n) is 5.08. The van der Waals surface area contributed by atoms with Gasteiger partial charge in [0.2, 0.25) is 0 Å². The first-order chi connectivity index (χ1) is 7.65. The number of carbonyl (C=O) groups excluding carboxylic acids is 1. The van der Waals surface area contributed by atoms with E-state index in [1.54, 1.807) is 0 Å². The Bertz CT molecular complexity index is 218. The predicted molar refractivity (Wildman–Crippen MR) is 56.9 cm³/mol. The Kier molecular flexibility index (Phi) is 5.36. The van der Waals surface area contributed by atoms with Crippen LogP contribution >= 0.6 is 0 Å². The second kappa shape index (κ2) is 6.31. The summed E-state index contributed by atoms with van der Waals surface area (Å²) in [4.78, 5) is 11.3. The molecule has 0 N–H and O–H groups in total. The molecule has 16 heavy (non-hydrogen) atoms. The molecule has 0 aromatic heterocycles. The van der Waals surface area contributed by atoms with Crippen LogP contribution in [-0.2, 0) is 27.5 Å². The second-order valence-electron chi connectivity index (χ2n) is 3.43. The van der Waals surface area contributed by atoms with Gasteiger partial charge < -0.3 is 22.8 Å². The summed E-state index contributed by atoms with van der Waals surface area (Å²) in [5.41, 5.74) is 0. The highest BCUT2D eigenvalue weighted by atomic mass is 28.4. The van der Waals surface area contributed by atoms with Crippen molar-refractivity contribution in [3.8, 4) is 0 Å². The number of hydrogen-bond donors (Lipinski definition) is 0. The second-order valence-corrected chi connectivity index (χ2v) is 6.52. The number of hydrogen-bond acceptors (Lipinski definition) is 6. The standard InChI is InChI=1S/C9H18O6Si/c1-11-16(12-2,13-3)5-4-9(10)15-7-8-6-14-8/h8H,4-7H2,1-3H3. The van der Waals surface area contributed by atoms with Crippen LogP contribution in [0.5, 0.6) is 0 Å². The van der Waals surface area contributed by atoms with Gasteiger partial charge in [-0.1, -0.05) is 0 Å². The molecule has 6 nitrogen and oxygen atoms in total. The Morgan fingerprint density at radius 1 is 1.31 bits per heavy atom. The maximum absolute atomic E-state index is 11.3. The molecule has 94 valence electrons. The van der Waals surface area contributed by atoms with Crippen LogP contribution in [0.4, 0.5) is 0 Å². The molecule has 0 amide bonds. The number of esters is 1. The van der Waals surface area contributed by atoms with Gasteiger partial charge in [0.05, 0.1) is 6.61 Å². The van der Waals surface area contributed by atoms with Crippen molar-refractivity contribution in [3.05, 3.63) is 0 Å². The third-order valence-electron chi connectivity index (χ3n) is 2.40. The quantitative estimate of drug-likeness (QED) is 0.348. The summed E-state index contributed by atoms with van der Waals surface area (Å²) in [5, 5.41) is 0. The molecule has 1 unspecified atom stereocenters. The Morgan fingerprint density at radius 3 is 2.31 bits per heavy atom. The van der Waals surface area contributed by atoms with Gasteiger partial charge in [0.15, 0.2) is 0 Å². The zero-order valence-electron chi connectivity index (χ0n) is 9.86. The Hall–Kier alpha value is -0.473. The van der Waals surface area contributed by atoms with E-state index in [1.165, 1.54) is 21.3 Å². The molecule has 1 rings (SSSR count). The lowest BCUT2D eigenvalue weighted by Gasteiger charge is -2.23. The van der Waals surface area contributed by atoms with Gasteiger partial charge in [0, 0.05) is 33.8 Å². The van der Waals surface area contributed by atoms with E-state index in [-0.39, 0.29) is 18.5 Å². The molecule has 1 fully saturated rings. The third-order valence-corrected chi connectivity index (χ3v) is 5.13. The van der Waals surface area contributed by atoms with Crippen LogP contribution in [0.2, 0.25) is 6.04 Å². The van der Waals surface area contributed by atoms with Crippen molar-refractivity contribution in [2.45, 2.75) is 18.6 Å². The van der Waals surface area contributed by atoms with Crippen molar-refractivity contribution < 1.29 is 27.5 Å². The lowest BCUT2D eigenvalue weighted by atomic mass is 10.5. The van der Waals surface area contributed by atoms with Gasteiger partial charge in [-0.05, 0) is 0 Å². The summed E-state index contributed by atoms with van der Waals surface area (Å²) in [6.07, 6.45) is 0.326. The summed E-state index contributed by atoms with van der Waals surface area (Å²) in [7, 11) is 1.90. The zero-order chi connectivity index (χ0) is 12.0. The molecule has 1 aliphatic rings. The average molecular weight is 250 g/mol. The van der Waals surface area contributed by atoms with Crippen molar-refractivity contribution in [2.24, 2.45) is 0 Å². The molecule has 0 spiro atoms. The summed E-state index contributed by atoms with van der Waals surface area (Å²) in [5.74, 6) is -0.279. The summed E-state index contributed by atoms with van der Waals surface area (Å²) in [6.45, 7) is 1.01. The molecular weight excluding hydrogens is 232 g/mol. The van der Waals surface area contributed by atoms with Crippen LogP contribution in [0.15, 0.2) is 0 Å². The predicted octanol–water partition coefficient (Wildman–Crippen LogP) is 0.197.